The highest BCUT2D eigenvalue weighted by Gasteiger charge is 1.83. The molecule has 0 radical (unpaired) electrons. The van der Waals surface area contributed by atoms with Crippen molar-refractivity contribution in [2.75, 3.05) is 5.75 Å². The van der Waals surface area contributed by atoms with Gasteiger partial charge >= 0.3 is 0 Å². The van der Waals surface area contributed by atoms with Crippen molar-refractivity contribution in [2.24, 2.45) is 0 Å². The molecule has 0 spiro atoms. The Morgan fingerprint density at radius 1 is 1.60 bits per heavy atom. The van der Waals surface area contributed by atoms with Gasteiger partial charge in [-0.05, 0) is 30.6 Å². The van der Waals surface area contributed by atoms with E-state index in [4.69, 9.17) is 0 Å². The second kappa shape index (κ2) is 6.87. The van der Waals surface area contributed by atoms with E-state index in [2.05, 4.69) is 6.92 Å². The molecule has 58 valence electrons. The zero-order valence-corrected chi connectivity index (χ0v) is 7.41. The minimum absolute atomic E-state index is 0.129. The van der Waals surface area contributed by atoms with Crippen molar-refractivity contribution in [2.45, 2.75) is 26.7 Å². The van der Waals surface area contributed by atoms with Gasteiger partial charge in [0.15, 0.2) is 5.78 Å². The van der Waals surface area contributed by atoms with Crippen molar-refractivity contribution in [3.63, 3.8) is 0 Å². The number of allylic oxidation sites excluding steroid dienone is 1. The average Bonchev–Trinajstić information content (AvgIpc) is 1.87. The van der Waals surface area contributed by atoms with E-state index in [1.54, 1.807) is 24.8 Å². The summed E-state index contributed by atoms with van der Waals surface area (Å²) in [5.41, 5.74) is 0. The molecule has 0 amide bonds. The molecule has 0 aliphatic rings. The van der Waals surface area contributed by atoms with Gasteiger partial charge in [-0.3, -0.25) is 4.79 Å². The summed E-state index contributed by atoms with van der Waals surface area (Å²) in [5.74, 6) is 1.25. The van der Waals surface area contributed by atoms with Gasteiger partial charge in [0.2, 0.25) is 0 Å². The Morgan fingerprint density at radius 3 is 2.80 bits per heavy atom. The molecule has 0 N–H and O–H groups in total. The molecular weight excluding hydrogens is 144 g/mol. The first-order valence-corrected chi connectivity index (χ1v) is 4.61. The van der Waals surface area contributed by atoms with Crippen LogP contribution in [0.2, 0.25) is 0 Å². The molecule has 1 nitrogen and oxygen atoms in total. The average molecular weight is 158 g/mol. The van der Waals surface area contributed by atoms with E-state index < -0.39 is 0 Å². The van der Waals surface area contributed by atoms with E-state index in [9.17, 15) is 4.79 Å². The highest BCUT2D eigenvalue weighted by Crippen LogP contribution is 2.05. The summed E-state index contributed by atoms with van der Waals surface area (Å²) in [7, 11) is 0. The van der Waals surface area contributed by atoms with Crippen LogP contribution in [0.25, 0.3) is 0 Å². The fraction of sp³-hybridized carbons (Fsp3) is 0.625. The summed E-state index contributed by atoms with van der Waals surface area (Å²) in [5, 5.41) is 1.87. The Balaban J connectivity index is 3.10. The van der Waals surface area contributed by atoms with E-state index >= 15 is 0 Å². The van der Waals surface area contributed by atoms with E-state index in [1.807, 2.05) is 5.41 Å². The van der Waals surface area contributed by atoms with Gasteiger partial charge in [0.1, 0.15) is 0 Å². The molecule has 0 aromatic rings. The van der Waals surface area contributed by atoms with Crippen LogP contribution >= 0.6 is 11.8 Å². The van der Waals surface area contributed by atoms with Crippen molar-refractivity contribution in [1.29, 1.82) is 0 Å². The standard InChI is InChI=1S/C8H14OS/c1-3-4-6-10-7-5-8(2)9/h5,7H,3-4,6H2,1-2H3. The van der Waals surface area contributed by atoms with E-state index in [1.165, 1.54) is 12.8 Å². The maximum atomic E-state index is 10.4. The predicted molar refractivity (Wildman–Crippen MR) is 47.2 cm³/mol. The maximum Gasteiger partial charge on any atom is 0.153 e. The van der Waals surface area contributed by atoms with Gasteiger partial charge < -0.3 is 0 Å². The predicted octanol–water partition coefficient (Wildman–Crippen LogP) is 2.62. The summed E-state index contributed by atoms with van der Waals surface area (Å²) in [6, 6.07) is 0. The lowest BCUT2D eigenvalue weighted by Crippen LogP contribution is -1.78. The SMILES string of the molecule is CCCCSC=CC(C)=O. The van der Waals surface area contributed by atoms with Crippen LogP contribution in [-0.4, -0.2) is 11.5 Å². The summed E-state index contributed by atoms with van der Waals surface area (Å²) >= 11 is 1.70. The Morgan fingerprint density at radius 2 is 2.30 bits per heavy atom. The van der Waals surface area contributed by atoms with Gasteiger partial charge in [0.25, 0.3) is 0 Å². The molecule has 0 fully saturated rings. The number of hydrogen-bond acceptors (Lipinski definition) is 2. The summed E-state index contributed by atoms with van der Waals surface area (Å²) in [6.45, 7) is 3.73. The lowest BCUT2D eigenvalue weighted by molar-refractivity contribution is -0.112. The third kappa shape index (κ3) is 7.76. The topological polar surface area (TPSA) is 17.1 Å². The first-order valence-electron chi connectivity index (χ1n) is 3.56. The Bertz CT molecular complexity index is 118. The van der Waals surface area contributed by atoms with Crippen molar-refractivity contribution >= 4 is 17.5 Å². The second-order valence-corrected chi connectivity index (χ2v) is 3.15. The Hall–Kier alpha value is -0.240. The molecule has 2 heteroatoms. The quantitative estimate of drug-likeness (QED) is 0.452. The third-order valence-electron chi connectivity index (χ3n) is 1.01. The highest BCUT2D eigenvalue weighted by atomic mass is 32.2. The molecule has 0 atom stereocenters. The van der Waals surface area contributed by atoms with E-state index in [0.29, 0.717) is 0 Å². The number of thioether (sulfide) groups is 1. The molecule has 0 aliphatic carbocycles. The molecule has 0 aromatic heterocycles. The van der Waals surface area contributed by atoms with Gasteiger partial charge in [-0.1, -0.05) is 13.3 Å². The van der Waals surface area contributed by atoms with Crippen LogP contribution < -0.4 is 0 Å². The van der Waals surface area contributed by atoms with Gasteiger partial charge in [-0.15, -0.1) is 11.8 Å². The van der Waals surface area contributed by atoms with Crippen molar-refractivity contribution in [1.82, 2.24) is 0 Å². The van der Waals surface area contributed by atoms with Gasteiger partial charge in [0, 0.05) is 0 Å². The first kappa shape index (κ1) is 9.76. The molecule has 0 rings (SSSR count). The fourth-order valence-corrected chi connectivity index (χ4v) is 1.32. The van der Waals surface area contributed by atoms with Crippen LogP contribution in [0.15, 0.2) is 11.5 Å². The number of hydrogen-bond donors (Lipinski definition) is 0. The molecule has 0 aromatic carbocycles. The van der Waals surface area contributed by atoms with Crippen LogP contribution in [0.3, 0.4) is 0 Å². The summed E-state index contributed by atoms with van der Waals surface area (Å²) in [6.07, 6.45) is 4.06. The molecule has 0 saturated heterocycles. The number of ketones is 1. The monoisotopic (exact) mass is 158 g/mol. The van der Waals surface area contributed by atoms with Crippen LogP contribution in [0.4, 0.5) is 0 Å². The normalized spacial score (nSPS) is 10.6. The molecule has 0 heterocycles. The lowest BCUT2D eigenvalue weighted by atomic mass is 10.4. The van der Waals surface area contributed by atoms with Crippen molar-refractivity contribution in [3.05, 3.63) is 11.5 Å². The number of carbonyl (C=O) groups is 1. The summed E-state index contributed by atoms with van der Waals surface area (Å²) in [4.78, 5) is 10.4. The Kier molecular flexibility index (Phi) is 6.71. The maximum absolute atomic E-state index is 10.4. The Labute approximate surface area is 66.9 Å². The number of carbonyl (C=O) groups excluding carboxylic acids is 1. The van der Waals surface area contributed by atoms with Crippen molar-refractivity contribution < 1.29 is 4.79 Å². The second-order valence-electron chi connectivity index (χ2n) is 2.14. The van der Waals surface area contributed by atoms with Crippen molar-refractivity contribution in [3.8, 4) is 0 Å². The minimum Gasteiger partial charge on any atom is -0.295 e. The van der Waals surface area contributed by atoms with Gasteiger partial charge in [0.05, 0.1) is 0 Å². The number of unbranched alkanes of at least 4 members (excludes halogenated alkanes) is 1. The molecule has 10 heavy (non-hydrogen) atoms. The molecule has 0 saturated carbocycles. The van der Waals surface area contributed by atoms with Crippen LogP contribution in [-0.2, 0) is 4.79 Å². The van der Waals surface area contributed by atoms with Gasteiger partial charge in [-0.25, -0.2) is 0 Å². The zero-order valence-electron chi connectivity index (χ0n) is 6.59. The largest absolute Gasteiger partial charge is 0.295 e. The van der Waals surface area contributed by atoms with Crippen LogP contribution in [0.5, 0.6) is 0 Å². The zero-order chi connectivity index (χ0) is 7.82. The molecule has 0 aliphatic heterocycles. The van der Waals surface area contributed by atoms with E-state index in [0.717, 1.165) is 5.75 Å². The smallest absolute Gasteiger partial charge is 0.153 e. The lowest BCUT2D eigenvalue weighted by Gasteiger charge is -1.89. The fourth-order valence-electron chi connectivity index (χ4n) is 0.440. The summed E-state index contributed by atoms with van der Waals surface area (Å²) < 4.78 is 0. The minimum atomic E-state index is 0.129. The molecule has 0 unspecified atom stereocenters. The third-order valence-corrected chi connectivity index (χ3v) is 1.87. The highest BCUT2D eigenvalue weighted by molar-refractivity contribution is 8.02. The first-order chi connectivity index (χ1) is 4.77. The molecule has 0 bridgehead atoms. The van der Waals surface area contributed by atoms with Crippen LogP contribution in [0, 0.1) is 0 Å². The number of rotatable bonds is 5. The van der Waals surface area contributed by atoms with Gasteiger partial charge in [-0.2, -0.15) is 0 Å². The molecular formula is C8H14OS. The van der Waals surface area contributed by atoms with E-state index in [-0.39, 0.29) is 5.78 Å². The van der Waals surface area contributed by atoms with Crippen LogP contribution in [0.1, 0.15) is 26.7 Å².